The average Bonchev–Trinajstić information content (AvgIpc) is 3.00. The summed E-state index contributed by atoms with van der Waals surface area (Å²) in [6.07, 6.45) is 1.59. The molecule has 0 saturated carbocycles. The van der Waals surface area contributed by atoms with Crippen LogP contribution in [-0.2, 0) is 36.8 Å². The molecule has 0 aromatic heterocycles. The highest BCUT2D eigenvalue weighted by molar-refractivity contribution is 7.81. The summed E-state index contributed by atoms with van der Waals surface area (Å²) in [4.78, 5) is 64.2. The van der Waals surface area contributed by atoms with Gasteiger partial charge >= 0.3 is 0 Å². The topological polar surface area (TPSA) is 212 Å². The van der Waals surface area contributed by atoms with E-state index in [9.17, 15) is 24.0 Å². The molecular weight excluding hydrogens is 590 g/mol. The molecule has 2 aromatic carbocycles. The molecule has 12 nitrogen and oxygen atoms in total. The smallest absolute Gasteiger partial charge is 0.253 e. The van der Waals surface area contributed by atoms with Crippen molar-refractivity contribution in [3.8, 4) is 0 Å². The summed E-state index contributed by atoms with van der Waals surface area (Å²) in [6, 6.07) is 13.9. The monoisotopic (exact) mass is 631 g/mol. The Balaban J connectivity index is 2.22. The molecule has 0 aliphatic carbocycles. The number of hydrogen-bond acceptors (Lipinski definition) is 9. The average molecular weight is 632 g/mol. The van der Waals surface area contributed by atoms with Crippen LogP contribution in [0.5, 0.6) is 0 Å². The summed E-state index contributed by atoms with van der Waals surface area (Å²) in [5.74, 6) is -3.30. The molecule has 0 heterocycles. The zero-order valence-corrected chi connectivity index (χ0v) is 25.6. The number of carbonyl (C=O) groups excluding carboxylic acids is 5. The van der Waals surface area contributed by atoms with E-state index >= 15 is 0 Å². The Morgan fingerprint density at radius 3 is 1.67 bits per heavy atom. The van der Waals surface area contributed by atoms with Crippen LogP contribution < -0.4 is 38.5 Å². The minimum Gasteiger partial charge on any atom is -0.368 e. The summed E-state index contributed by atoms with van der Waals surface area (Å²) < 4.78 is 0. The van der Waals surface area contributed by atoms with E-state index in [4.69, 9.17) is 17.2 Å². The predicted octanol–water partition coefficient (Wildman–Crippen LogP) is -0.830. The first kappa shape index (κ1) is 35.6. The Bertz CT molecular complexity index is 1210. The number of unbranched alkanes of at least 4 members (excludes halogenated alkanes) is 1. The van der Waals surface area contributed by atoms with Crippen LogP contribution in [0.1, 0.15) is 30.4 Å². The first-order chi connectivity index (χ1) is 20.5. The Kier molecular flexibility index (Phi) is 15.6. The van der Waals surface area contributed by atoms with Gasteiger partial charge in [0.2, 0.25) is 23.6 Å². The van der Waals surface area contributed by atoms with Crippen molar-refractivity contribution < 1.29 is 24.0 Å². The summed E-state index contributed by atoms with van der Waals surface area (Å²) in [6.45, 7) is 0.388. The van der Waals surface area contributed by atoms with E-state index in [-0.39, 0.29) is 25.0 Å². The molecule has 0 aliphatic rings. The summed E-state index contributed by atoms with van der Waals surface area (Å²) in [5.41, 5.74) is 18.4. The molecule has 0 unspecified atom stereocenters. The molecule has 234 valence electrons. The Morgan fingerprint density at radius 1 is 0.674 bits per heavy atom. The van der Waals surface area contributed by atoms with Crippen molar-refractivity contribution in [1.29, 1.82) is 0 Å². The van der Waals surface area contributed by atoms with Gasteiger partial charge in [0.25, 0.3) is 5.91 Å². The minimum atomic E-state index is -1.30. The molecule has 0 spiro atoms. The largest absolute Gasteiger partial charge is 0.368 e. The number of hydrogen-bond donors (Lipinski definition) is 9. The molecule has 2 aromatic rings. The Morgan fingerprint density at radius 2 is 1.16 bits per heavy atom. The van der Waals surface area contributed by atoms with Gasteiger partial charge in [-0.3, -0.25) is 24.0 Å². The zero-order valence-electron chi connectivity index (χ0n) is 23.8. The molecule has 43 heavy (non-hydrogen) atoms. The number of carbonyl (C=O) groups is 5. The Hall–Kier alpha value is -3.59. The van der Waals surface area contributed by atoms with Gasteiger partial charge in [0.15, 0.2) is 5.37 Å². The zero-order chi connectivity index (χ0) is 31.8. The van der Waals surface area contributed by atoms with Crippen molar-refractivity contribution in [2.75, 3.05) is 12.3 Å². The van der Waals surface area contributed by atoms with E-state index in [0.717, 1.165) is 11.1 Å². The lowest BCUT2D eigenvalue weighted by molar-refractivity contribution is -0.133. The first-order valence-corrected chi connectivity index (χ1v) is 15.0. The first-order valence-electron chi connectivity index (χ1n) is 13.9. The normalized spacial score (nSPS) is 14.3. The van der Waals surface area contributed by atoms with E-state index in [1.807, 2.05) is 36.4 Å². The van der Waals surface area contributed by atoms with E-state index in [1.54, 1.807) is 24.3 Å². The SMILES string of the molecule is NCCCC[C@H](NC(=O)[C@H](Cc1ccccc1)NC(=O)[C@H](S)NC(=O)[C@@H](N)CS)C(=O)N[C@@H](Cc1ccccc1)C(N)=O. The molecule has 0 saturated heterocycles. The van der Waals surface area contributed by atoms with Crippen molar-refractivity contribution in [3.05, 3.63) is 71.8 Å². The maximum atomic E-state index is 13.6. The molecule has 2 rings (SSSR count). The second kappa shape index (κ2) is 18.8. The number of rotatable bonds is 18. The third-order valence-electron chi connectivity index (χ3n) is 6.50. The van der Waals surface area contributed by atoms with Gasteiger partial charge < -0.3 is 38.5 Å². The fourth-order valence-electron chi connectivity index (χ4n) is 4.08. The fraction of sp³-hybridized carbons (Fsp3) is 0.414. The van der Waals surface area contributed by atoms with Crippen LogP contribution >= 0.6 is 25.3 Å². The lowest BCUT2D eigenvalue weighted by Crippen LogP contribution is -2.58. The molecule has 0 radical (unpaired) electrons. The van der Waals surface area contributed by atoms with Gasteiger partial charge in [-0.25, -0.2) is 0 Å². The van der Waals surface area contributed by atoms with Crippen LogP contribution in [0.15, 0.2) is 60.7 Å². The number of primary amides is 1. The number of amides is 5. The fourth-order valence-corrected chi connectivity index (χ4v) is 4.45. The number of thiol groups is 2. The quantitative estimate of drug-likeness (QED) is 0.0578. The maximum absolute atomic E-state index is 13.6. The van der Waals surface area contributed by atoms with Crippen molar-refractivity contribution >= 4 is 54.8 Å². The maximum Gasteiger partial charge on any atom is 0.253 e. The van der Waals surface area contributed by atoms with Crippen molar-refractivity contribution in [2.45, 2.75) is 61.6 Å². The van der Waals surface area contributed by atoms with E-state index < -0.39 is 59.1 Å². The standard InChI is InChI=1S/C29H41N7O5S2/c30-14-8-7-13-21(26(39)34-22(24(32)37)15-18-9-3-1-4-10-18)33-27(40)23(16-19-11-5-2-6-12-19)35-28(41)29(43)36-25(38)20(31)17-42/h1-6,9-12,20-23,29,42-43H,7-8,13-17,30-31H2,(H2,32,37)(H,33,40)(H,34,39)(H,35,41)(H,36,38)/t20-,21-,22-,23-,29-/m0/s1. The second-order valence-corrected chi connectivity index (χ2v) is 10.8. The number of nitrogens with two attached hydrogens (primary N) is 3. The third-order valence-corrected chi connectivity index (χ3v) is 7.26. The van der Waals surface area contributed by atoms with Crippen molar-refractivity contribution in [2.24, 2.45) is 17.2 Å². The van der Waals surface area contributed by atoms with Crippen LogP contribution in [-0.4, -0.2) is 71.4 Å². The van der Waals surface area contributed by atoms with Gasteiger partial charge in [-0.15, -0.1) is 12.6 Å². The third kappa shape index (κ3) is 12.7. The van der Waals surface area contributed by atoms with Gasteiger partial charge in [0.05, 0.1) is 6.04 Å². The second-order valence-electron chi connectivity index (χ2n) is 9.95. The van der Waals surface area contributed by atoms with Gasteiger partial charge in [0.1, 0.15) is 18.1 Å². The van der Waals surface area contributed by atoms with Gasteiger partial charge in [-0.1, -0.05) is 60.7 Å². The van der Waals surface area contributed by atoms with Gasteiger partial charge in [-0.2, -0.15) is 12.6 Å². The molecule has 5 amide bonds. The van der Waals surface area contributed by atoms with E-state index in [1.165, 1.54) is 0 Å². The molecule has 5 atom stereocenters. The van der Waals surface area contributed by atoms with Crippen LogP contribution in [0.3, 0.4) is 0 Å². The van der Waals surface area contributed by atoms with Crippen LogP contribution in [0, 0.1) is 0 Å². The van der Waals surface area contributed by atoms with Crippen LogP contribution in [0.25, 0.3) is 0 Å². The highest BCUT2D eigenvalue weighted by atomic mass is 32.1. The lowest BCUT2D eigenvalue weighted by atomic mass is 10.0. The number of benzene rings is 2. The molecule has 0 bridgehead atoms. The molecule has 0 aliphatic heterocycles. The van der Waals surface area contributed by atoms with Crippen LogP contribution in [0.2, 0.25) is 0 Å². The van der Waals surface area contributed by atoms with Crippen molar-refractivity contribution in [3.63, 3.8) is 0 Å². The molecular formula is C29H41N7O5S2. The highest BCUT2D eigenvalue weighted by Gasteiger charge is 2.30. The van der Waals surface area contributed by atoms with Gasteiger partial charge in [0, 0.05) is 18.6 Å². The molecule has 10 N–H and O–H groups in total. The van der Waals surface area contributed by atoms with Crippen LogP contribution in [0.4, 0.5) is 0 Å². The van der Waals surface area contributed by atoms with E-state index in [0.29, 0.717) is 19.4 Å². The molecule has 0 fully saturated rings. The predicted molar refractivity (Wildman–Crippen MR) is 171 cm³/mol. The summed E-state index contributed by atoms with van der Waals surface area (Å²) in [7, 11) is 0. The van der Waals surface area contributed by atoms with E-state index in [2.05, 4.69) is 46.5 Å². The summed E-state index contributed by atoms with van der Waals surface area (Å²) >= 11 is 8.12. The number of nitrogens with one attached hydrogen (secondary N) is 4. The lowest BCUT2D eigenvalue weighted by Gasteiger charge is -2.26. The highest BCUT2D eigenvalue weighted by Crippen LogP contribution is 2.09. The Labute approximate surface area is 262 Å². The summed E-state index contributed by atoms with van der Waals surface area (Å²) in [5, 5.41) is 9.04. The van der Waals surface area contributed by atoms with Gasteiger partial charge in [-0.05, 0) is 36.9 Å². The van der Waals surface area contributed by atoms with Crippen molar-refractivity contribution in [1.82, 2.24) is 21.3 Å². The minimum absolute atomic E-state index is 0.0581. The molecule has 14 heteroatoms.